The number of benzene rings is 1. The van der Waals surface area contributed by atoms with Crippen LogP contribution in [0.5, 0.6) is 0 Å². The van der Waals surface area contributed by atoms with Crippen molar-refractivity contribution >= 4 is 23.1 Å². The van der Waals surface area contributed by atoms with Gasteiger partial charge >= 0.3 is 5.97 Å². The Bertz CT molecular complexity index is 746. The molecule has 0 aliphatic carbocycles. The van der Waals surface area contributed by atoms with Crippen LogP contribution in [-0.4, -0.2) is 55.4 Å². The molecule has 0 spiro atoms. The highest BCUT2D eigenvalue weighted by Crippen LogP contribution is 2.28. The molecule has 1 N–H and O–H groups in total. The number of fused-ring (bicyclic) bond motifs is 3. The molecule has 0 unspecified atom stereocenters. The number of aliphatic imine (C=N–C) groups is 1. The van der Waals surface area contributed by atoms with Gasteiger partial charge in [-0.05, 0) is 44.1 Å². The van der Waals surface area contributed by atoms with Crippen LogP contribution >= 0.6 is 0 Å². The molecule has 5 nitrogen and oxygen atoms in total. The number of carbonyl (C=O) groups excluding carboxylic acids is 1. The molecule has 1 aromatic heterocycles. The van der Waals surface area contributed by atoms with Gasteiger partial charge in [0.25, 0.3) is 0 Å². The van der Waals surface area contributed by atoms with Crippen molar-refractivity contribution in [3.8, 4) is 0 Å². The fraction of sp³-hybridized carbons (Fsp3) is 0.444. The van der Waals surface area contributed by atoms with Crippen molar-refractivity contribution in [2.45, 2.75) is 25.8 Å². The van der Waals surface area contributed by atoms with E-state index in [2.05, 4.69) is 47.3 Å². The minimum Gasteiger partial charge on any atom is -0.464 e. The second-order valence-corrected chi connectivity index (χ2v) is 6.37. The van der Waals surface area contributed by atoms with Crippen LogP contribution in [-0.2, 0) is 22.4 Å². The summed E-state index contributed by atoms with van der Waals surface area (Å²) in [6, 6.07) is 4.30. The number of esters is 1. The van der Waals surface area contributed by atoms with Gasteiger partial charge in [-0.1, -0.05) is 6.07 Å². The van der Waals surface area contributed by atoms with Crippen LogP contribution < -0.4 is 0 Å². The molecule has 1 aliphatic heterocycles. The number of aromatic amines is 1. The Hall–Kier alpha value is -2.14. The van der Waals surface area contributed by atoms with Crippen molar-refractivity contribution in [3.63, 3.8) is 0 Å². The molecule has 122 valence electrons. The number of nitrogens with zero attached hydrogens (tertiary/aromatic N) is 2. The van der Waals surface area contributed by atoms with Crippen LogP contribution in [0.4, 0.5) is 0 Å². The minimum atomic E-state index is -0.252. The van der Waals surface area contributed by atoms with Crippen molar-refractivity contribution in [2.24, 2.45) is 4.99 Å². The van der Waals surface area contributed by atoms with Gasteiger partial charge in [0, 0.05) is 42.3 Å². The van der Waals surface area contributed by atoms with E-state index in [0.29, 0.717) is 6.61 Å². The maximum atomic E-state index is 11.0. The Kier molecular flexibility index (Phi) is 4.48. The second-order valence-electron chi connectivity index (χ2n) is 6.37. The number of hydrogen-bond acceptors (Lipinski definition) is 4. The van der Waals surface area contributed by atoms with Gasteiger partial charge in [-0.25, -0.2) is 0 Å². The Labute approximate surface area is 136 Å². The standard InChI is InChI=1S/C18H23N3O2/c1-12(22)23-11-15-8-13-4-5-17-18(16(13)10-19-15)14(9-20-17)6-7-21(2)3/h4-5,9-10,15,20H,6-8,11H2,1-3H3/t15-/m0/s1. The predicted octanol–water partition coefficient (Wildman–Crippen LogP) is 2.18. The normalized spacial score (nSPS) is 16.8. The molecular formula is C18H23N3O2. The van der Waals surface area contributed by atoms with Crippen LogP contribution in [0.25, 0.3) is 10.9 Å². The minimum absolute atomic E-state index is 0.0213. The van der Waals surface area contributed by atoms with Crippen molar-refractivity contribution in [1.82, 2.24) is 9.88 Å². The van der Waals surface area contributed by atoms with Gasteiger partial charge in [0.1, 0.15) is 6.61 Å². The highest BCUT2D eigenvalue weighted by atomic mass is 16.5. The van der Waals surface area contributed by atoms with Crippen LogP contribution in [0.15, 0.2) is 23.3 Å². The number of ether oxygens (including phenoxy) is 1. The first-order valence-electron chi connectivity index (χ1n) is 7.97. The number of likely N-dealkylation sites (N-methyl/N-ethyl adjacent to an activating group) is 1. The van der Waals surface area contributed by atoms with E-state index < -0.39 is 0 Å². The Morgan fingerprint density at radius 2 is 2.26 bits per heavy atom. The van der Waals surface area contributed by atoms with Crippen LogP contribution in [0, 0.1) is 0 Å². The maximum Gasteiger partial charge on any atom is 0.302 e. The number of aromatic nitrogens is 1. The van der Waals surface area contributed by atoms with Crippen LogP contribution in [0.1, 0.15) is 23.6 Å². The lowest BCUT2D eigenvalue weighted by atomic mass is 9.93. The molecule has 23 heavy (non-hydrogen) atoms. The summed E-state index contributed by atoms with van der Waals surface area (Å²) in [7, 11) is 4.18. The quantitative estimate of drug-likeness (QED) is 0.861. The van der Waals surface area contributed by atoms with Crippen molar-refractivity contribution in [3.05, 3.63) is 35.0 Å². The average Bonchev–Trinajstić information content (AvgIpc) is 2.94. The predicted molar refractivity (Wildman–Crippen MR) is 92.3 cm³/mol. The third kappa shape index (κ3) is 3.45. The van der Waals surface area contributed by atoms with E-state index in [1.54, 1.807) is 0 Å². The van der Waals surface area contributed by atoms with Crippen molar-refractivity contribution < 1.29 is 9.53 Å². The van der Waals surface area contributed by atoms with E-state index in [4.69, 9.17) is 4.74 Å². The molecular weight excluding hydrogens is 290 g/mol. The summed E-state index contributed by atoms with van der Waals surface area (Å²) in [5.74, 6) is -0.252. The molecule has 1 aliphatic rings. The molecule has 0 fully saturated rings. The molecule has 1 aromatic carbocycles. The second kappa shape index (κ2) is 6.54. The first-order chi connectivity index (χ1) is 11.0. The molecule has 0 amide bonds. The molecule has 2 heterocycles. The lowest BCUT2D eigenvalue weighted by molar-refractivity contribution is -0.141. The van der Waals surface area contributed by atoms with E-state index in [-0.39, 0.29) is 12.0 Å². The molecule has 0 bridgehead atoms. The topological polar surface area (TPSA) is 57.7 Å². The highest BCUT2D eigenvalue weighted by molar-refractivity contribution is 6.02. The average molecular weight is 313 g/mol. The Morgan fingerprint density at radius 3 is 3.00 bits per heavy atom. The zero-order valence-electron chi connectivity index (χ0n) is 13.9. The molecule has 1 atom stereocenters. The van der Waals surface area contributed by atoms with E-state index in [9.17, 15) is 4.79 Å². The number of nitrogens with one attached hydrogen (secondary N) is 1. The van der Waals surface area contributed by atoms with Gasteiger partial charge in [-0.3, -0.25) is 9.79 Å². The van der Waals surface area contributed by atoms with Gasteiger partial charge in [0.2, 0.25) is 0 Å². The zero-order chi connectivity index (χ0) is 16.4. The molecule has 0 radical (unpaired) electrons. The monoisotopic (exact) mass is 313 g/mol. The lowest BCUT2D eigenvalue weighted by Crippen LogP contribution is -2.22. The van der Waals surface area contributed by atoms with Crippen molar-refractivity contribution in [1.29, 1.82) is 0 Å². The summed E-state index contributed by atoms with van der Waals surface area (Å²) in [5, 5.41) is 1.28. The van der Waals surface area contributed by atoms with E-state index >= 15 is 0 Å². The number of H-pyrrole nitrogens is 1. The number of rotatable bonds is 5. The zero-order valence-corrected chi connectivity index (χ0v) is 13.9. The number of carbonyl (C=O) groups is 1. The molecule has 5 heteroatoms. The Balaban J connectivity index is 1.87. The highest BCUT2D eigenvalue weighted by Gasteiger charge is 2.19. The Morgan fingerprint density at radius 1 is 1.43 bits per heavy atom. The summed E-state index contributed by atoms with van der Waals surface area (Å²) in [6.45, 7) is 2.80. The first-order valence-corrected chi connectivity index (χ1v) is 7.97. The van der Waals surface area contributed by atoms with Crippen LogP contribution in [0.3, 0.4) is 0 Å². The van der Waals surface area contributed by atoms with E-state index in [1.165, 1.54) is 29.0 Å². The smallest absolute Gasteiger partial charge is 0.302 e. The molecule has 0 saturated carbocycles. The number of hydrogen-bond donors (Lipinski definition) is 1. The van der Waals surface area contributed by atoms with Gasteiger partial charge in [-0.2, -0.15) is 0 Å². The fourth-order valence-electron chi connectivity index (χ4n) is 3.03. The van der Waals surface area contributed by atoms with Gasteiger partial charge < -0.3 is 14.6 Å². The lowest BCUT2D eigenvalue weighted by Gasteiger charge is -2.19. The molecule has 3 rings (SSSR count). The first kappa shape index (κ1) is 15.7. The van der Waals surface area contributed by atoms with E-state index in [1.807, 2.05) is 6.21 Å². The van der Waals surface area contributed by atoms with Gasteiger partial charge in [0.15, 0.2) is 0 Å². The summed E-state index contributed by atoms with van der Waals surface area (Å²) in [6.07, 6.45) is 5.87. The summed E-state index contributed by atoms with van der Waals surface area (Å²) >= 11 is 0. The maximum absolute atomic E-state index is 11.0. The molecule has 2 aromatic rings. The van der Waals surface area contributed by atoms with Crippen molar-refractivity contribution in [2.75, 3.05) is 27.2 Å². The van der Waals surface area contributed by atoms with Crippen LogP contribution in [0.2, 0.25) is 0 Å². The van der Waals surface area contributed by atoms with E-state index in [0.717, 1.165) is 24.9 Å². The SMILES string of the molecule is CC(=O)OC[C@@H]1Cc2ccc3[nH]cc(CCN(C)C)c3c2C=N1. The third-order valence-electron chi connectivity index (χ3n) is 4.24. The van der Waals surface area contributed by atoms with Gasteiger partial charge in [0.05, 0.1) is 6.04 Å². The van der Waals surface area contributed by atoms with Gasteiger partial charge in [-0.15, -0.1) is 0 Å². The third-order valence-corrected chi connectivity index (χ3v) is 4.24. The summed E-state index contributed by atoms with van der Waals surface area (Å²) in [5.41, 5.74) is 4.96. The largest absolute Gasteiger partial charge is 0.464 e. The molecule has 0 saturated heterocycles. The fourth-order valence-corrected chi connectivity index (χ4v) is 3.03. The summed E-state index contributed by atoms with van der Waals surface area (Å²) in [4.78, 5) is 21.1. The summed E-state index contributed by atoms with van der Waals surface area (Å²) < 4.78 is 5.09.